The van der Waals surface area contributed by atoms with Gasteiger partial charge < -0.3 is 9.77 Å². The normalized spacial score (nSPS) is 11.2. The average molecular weight is 437 g/mol. The van der Waals surface area contributed by atoms with Crippen molar-refractivity contribution in [2.75, 3.05) is 0 Å². The fraction of sp³-hybridized carbons (Fsp3) is 0. The molecule has 154 valence electrons. The molecule has 0 amide bonds. The second-order valence-corrected chi connectivity index (χ2v) is 8.11. The van der Waals surface area contributed by atoms with Crippen molar-refractivity contribution >= 4 is 22.4 Å². The molecule has 0 aliphatic heterocycles. The molecule has 32 heavy (non-hydrogen) atoms. The first-order chi connectivity index (χ1) is 15.8. The highest BCUT2D eigenvalue weighted by atomic mass is 32.1. The van der Waals surface area contributed by atoms with E-state index in [1.165, 1.54) is 11.3 Å². The van der Waals surface area contributed by atoms with E-state index >= 15 is 0 Å². The van der Waals surface area contributed by atoms with Crippen LogP contribution >= 0.6 is 11.3 Å². The lowest BCUT2D eigenvalue weighted by Crippen LogP contribution is -1.98. The van der Waals surface area contributed by atoms with Crippen LogP contribution in [0.1, 0.15) is 0 Å². The van der Waals surface area contributed by atoms with Crippen LogP contribution in [0, 0.1) is 0 Å². The van der Waals surface area contributed by atoms with Gasteiger partial charge in [-0.05, 0) is 41.8 Å². The van der Waals surface area contributed by atoms with Crippen molar-refractivity contribution < 1.29 is 5.21 Å². The number of pyridine rings is 1. The second-order valence-electron chi connectivity index (χ2n) is 7.16. The molecule has 5 aromatic heterocycles. The first-order valence-corrected chi connectivity index (χ1v) is 10.8. The Bertz CT molecular complexity index is 1520. The Hall–Kier alpha value is -4.30. The minimum atomic E-state index is 0.473. The Morgan fingerprint density at radius 3 is 2.56 bits per heavy atom. The number of hydrogen-bond acceptors (Lipinski definition) is 6. The lowest BCUT2D eigenvalue weighted by molar-refractivity contribution is 0.195. The molecule has 0 fully saturated rings. The van der Waals surface area contributed by atoms with Gasteiger partial charge in [0.25, 0.3) is 0 Å². The summed E-state index contributed by atoms with van der Waals surface area (Å²) in [5.74, 6) is 0.473. The number of rotatable bonds is 4. The minimum absolute atomic E-state index is 0.473. The van der Waals surface area contributed by atoms with Gasteiger partial charge in [0.15, 0.2) is 5.82 Å². The van der Waals surface area contributed by atoms with E-state index in [-0.39, 0.29) is 0 Å². The molecule has 0 aliphatic rings. The van der Waals surface area contributed by atoms with Crippen molar-refractivity contribution in [1.82, 2.24) is 29.2 Å². The van der Waals surface area contributed by atoms with Crippen LogP contribution in [0.25, 0.3) is 50.1 Å². The van der Waals surface area contributed by atoms with Gasteiger partial charge in [0.2, 0.25) is 0 Å². The zero-order chi connectivity index (χ0) is 21.5. The van der Waals surface area contributed by atoms with Gasteiger partial charge in [0.1, 0.15) is 22.7 Å². The van der Waals surface area contributed by atoms with Crippen LogP contribution in [0.4, 0.5) is 0 Å². The summed E-state index contributed by atoms with van der Waals surface area (Å²) in [6, 6.07) is 17.9. The van der Waals surface area contributed by atoms with Crippen molar-refractivity contribution in [1.29, 1.82) is 0 Å². The molecule has 7 nitrogen and oxygen atoms in total. The lowest BCUT2D eigenvalue weighted by Gasteiger charge is -2.07. The second kappa shape index (κ2) is 7.44. The number of hydrogen-bond donors (Lipinski definition) is 1. The van der Waals surface area contributed by atoms with E-state index in [9.17, 15) is 5.21 Å². The molecule has 0 unspecified atom stereocenters. The van der Waals surface area contributed by atoms with Crippen molar-refractivity contribution in [3.05, 3.63) is 91.0 Å². The van der Waals surface area contributed by atoms with Gasteiger partial charge in [-0.25, -0.2) is 9.97 Å². The summed E-state index contributed by atoms with van der Waals surface area (Å²) in [7, 11) is 0. The maximum Gasteiger partial charge on any atom is 0.186 e. The fourth-order valence-electron chi connectivity index (χ4n) is 3.78. The van der Waals surface area contributed by atoms with Crippen LogP contribution in [0.5, 0.6) is 0 Å². The maximum atomic E-state index is 11.0. The Morgan fingerprint density at radius 1 is 0.875 bits per heavy atom. The molecule has 1 aromatic carbocycles. The topological polar surface area (TPSA) is 81.6 Å². The van der Waals surface area contributed by atoms with E-state index in [1.807, 2.05) is 70.7 Å². The predicted octanol–water partition coefficient (Wildman–Crippen LogP) is 5.31. The van der Waals surface area contributed by atoms with Crippen molar-refractivity contribution in [3.63, 3.8) is 0 Å². The van der Waals surface area contributed by atoms with Gasteiger partial charge in [-0.1, -0.05) is 18.2 Å². The number of thiophene rings is 1. The standard InChI is InChI=1S/C24H16N6OS/c31-30-22(19-15-25-11-12-26-19)21(28-24(30)20-4-2-14-32-20)16-5-7-18(8-6-16)29-13-9-17-3-1-10-27-23(17)29/h1-15,31H. The molecule has 0 radical (unpaired) electrons. The quantitative estimate of drug-likeness (QED) is 0.379. The van der Waals surface area contributed by atoms with Gasteiger partial charge >= 0.3 is 0 Å². The molecule has 1 N–H and O–H groups in total. The van der Waals surface area contributed by atoms with E-state index < -0.39 is 0 Å². The molecule has 5 heterocycles. The molecule has 6 rings (SSSR count). The van der Waals surface area contributed by atoms with Crippen molar-refractivity contribution in [2.24, 2.45) is 0 Å². The summed E-state index contributed by atoms with van der Waals surface area (Å²) in [5.41, 5.74) is 4.45. The maximum absolute atomic E-state index is 11.0. The van der Waals surface area contributed by atoms with E-state index in [1.54, 1.807) is 24.8 Å². The summed E-state index contributed by atoms with van der Waals surface area (Å²) in [6.45, 7) is 0. The molecule has 0 saturated carbocycles. The number of nitrogens with zero attached hydrogens (tertiary/aromatic N) is 6. The first kappa shape index (κ1) is 18.5. The van der Waals surface area contributed by atoms with Crippen LogP contribution < -0.4 is 0 Å². The molecule has 0 spiro atoms. The third kappa shape index (κ3) is 2.97. The Kier molecular flexibility index (Phi) is 4.29. The highest BCUT2D eigenvalue weighted by molar-refractivity contribution is 7.13. The SMILES string of the molecule is On1c(-c2cccs2)nc(-c2ccc(-n3ccc4cccnc43)cc2)c1-c1cnccn1. The van der Waals surface area contributed by atoms with Gasteiger partial charge in [-0.3, -0.25) is 9.97 Å². The molecule has 0 atom stereocenters. The highest BCUT2D eigenvalue weighted by Crippen LogP contribution is 2.36. The Morgan fingerprint density at radius 2 is 1.78 bits per heavy atom. The zero-order valence-corrected chi connectivity index (χ0v) is 17.5. The Balaban J connectivity index is 1.49. The van der Waals surface area contributed by atoms with Crippen LogP contribution in [-0.4, -0.2) is 34.4 Å². The lowest BCUT2D eigenvalue weighted by atomic mass is 10.1. The molecule has 0 saturated heterocycles. The van der Waals surface area contributed by atoms with Gasteiger partial charge in [0.05, 0.1) is 11.1 Å². The third-order valence-corrected chi connectivity index (χ3v) is 6.13. The van der Waals surface area contributed by atoms with E-state index in [2.05, 4.69) is 15.0 Å². The third-order valence-electron chi connectivity index (χ3n) is 5.27. The van der Waals surface area contributed by atoms with Crippen molar-refractivity contribution in [3.8, 4) is 39.0 Å². The van der Waals surface area contributed by atoms with Crippen LogP contribution in [0.15, 0.2) is 91.0 Å². The smallest absolute Gasteiger partial charge is 0.186 e. The minimum Gasteiger partial charge on any atom is -0.426 e. The first-order valence-electron chi connectivity index (χ1n) is 9.95. The van der Waals surface area contributed by atoms with E-state index in [0.717, 1.165) is 31.9 Å². The Labute approximate surface area is 186 Å². The summed E-state index contributed by atoms with van der Waals surface area (Å²) >= 11 is 1.51. The summed E-state index contributed by atoms with van der Waals surface area (Å²) in [6.07, 6.45) is 8.63. The molecule has 6 aromatic rings. The number of aromatic nitrogens is 6. The summed E-state index contributed by atoms with van der Waals surface area (Å²) in [4.78, 5) is 18.7. The van der Waals surface area contributed by atoms with Crippen LogP contribution in [0.2, 0.25) is 0 Å². The largest absolute Gasteiger partial charge is 0.426 e. The van der Waals surface area contributed by atoms with Gasteiger partial charge in [-0.2, -0.15) is 4.73 Å². The highest BCUT2D eigenvalue weighted by Gasteiger charge is 2.22. The average Bonchev–Trinajstić information content (AvgIpc) is 3.58. The predicted molar refractivity (Wildman–Crippen MR) is 124 cm³/mol. The monoisotopic (exact) mass is 436 g/mol. The molecule has 8 heteroatoms. The van der Waals surface area contributed by atoms with E-state index in [0.29, 0.717) is 22.9 Å². The molecular weight excluding hydrogens is 420 g/mol. The number of fused-ring (bicyclic) bond motifs is 1. The molecule has 0 aliphatic carbocycles. The number of benzene rings is 1. The summed E-state index contributed by atoms with van der Waals surface area (Å²) in [5, 5.41) is 14.0. The zero-order valence-electron chi connectivity index (χ0n) is 16.7. The van der Waals surface area contributed by atoms with Crippen LogP contribution in [0.3, 0.4) is 0 Å². The van der Waals surface area contributed by atoms with Crippen molar-refractivity contribution in [2.45, 2.75) is 0 Å². The van der Waals surface area contributed by atoms with E-state index in [4.69, 9.17) is 4.98 Å². The fourth-order valence-corrected chi connectivity index (χ4v) is 4.48. The molecule has 0 bridgehead atoms. The van der Waals surface area contributed by atoms with Gasteiger partial charge in [-0.15, -0.1) is 11.3 Å². The van der Waals surface area contributed by atoms with Gasteiger partial charge in [0, 0.05) is 41.4 Å². The molecular formula is C24H16N6OS. The van der Waals surface area contributed by atoms with Crippen LogP contribution in [-0.2, 0) is 0 Å². The summed E-state index contributed by atoms with van der Waals surface area (Å²) < 4.78 is 3.15. The number of imidazole rings is 1.